The van der Waals surface area contributed by atoms with Gasteiger partial charge in [0.1, 0.15) is 6.61 Å². The molecule has 1 saturated heterocycles. The second-order valence-electron chi connectivity index (χ2n) is 12.1. The van der Waals surface area contributed by atoms with Crippen LogP contribution in [0, 0.1) is 5.92 Å². The molecule has 0 aliphatic carbocycles. The van der Waals surface area contributed by atoms with Crippen molar-refractivity contribution >= 4 is 81.0 Å². The Morgan fingerprint density at radius 3 is 2.61 bits per heavy atom. The fourth-order valence-electron chi connectivity index (χ4n) is 5.71. The predicted molar refractivity (Wildman–Crippen MR) is 214 cm³/mol. The first-order valence-electron chi connectivity index (χ1n) is 17.1. The minimum Gasteiger partial charge on any atom is -0.378 e. The number of amides is 2. The van der Waals surface area contributed by atoms with Crippen LogP contribution in [0.15, 0.2) is 58.1 Å². The molecule has 1 aromatic carbocycles. The molecule has 278 valence electrons. The Hall–Kier alpha value is -2.96. The lowest BCUT2D eigenvalue weighted by Gasteiger charge is -2.34. The minimum atomic E-state index is -0.248. The first-order valence-corrected chi connectivity index (χ1v) is 19.6. The summed E-state index contributed by atoms with van der Waals surface area (Å²) in [5.74, 6) is 0.316. The van der Waals surface area contributed by atoms with Crippen molar-refractivity contribution in [2.24, 2.45) is 11.7 Å². The van der Waals surface area contributed by atoms with E-state index in [0.29, 0.717) is 43.1 Å². The van der Waals surface area contributed by atoms with Crippen molar-refractivity contribution in [3.63, 3.8) is 0 Å². The molecule has 2 aliphatic rings. The van der Waals surface area contributed by atoms with E-state index in [-0.39, 0.29) is 31.9 Å². The molecule has 3 aromatic heterocycles. The van der Waals surface area contributed by atoms with Crippen molar-refractivity contribution < 1.29 is 19.1 Å². The third-order valence-corrected chi connectivity index (χ3v) is 11.2. The number of piperidine rings is 1. The number of thiophene rings is 1. The van der Waals surface area contributed by atoms with Crippen LogP contribution in [0.25, 0.3) is 10.2 Å². The van der Waals surface area contributed by atoms with Gasteiger partial charge >= 0.3 is 0 Å². The van der Waals surface area contributed by atoms with Crippen molar-refractivity contribution in [2.75, 3.05) is 69.2 Å². The summed E-state index contributed by atoms with van der Waals surface area (Å²) in [5.41, 5.74) is 8.69. The van der Waals surface area contributed by atoms with E-state index in [9.17, 15) is 9.59 Å². The highest BCUT2D eigenvalue weighted by atomic mass is 32.2. The van der Waals surface area contributed by atoms with Gasteiger partial charge in [0.05, 0.1) is 39.9 Å². The molecule has 0 saturated carbocycles. The molecule has 4 N–H and O–H groups in total. The van der Waals surface area contributed by atoms with Crippen molar-refractivity contribution in [1.82, 2.24) is 24.6 Å². The summed E-state index contributed by atoms with van der Waals surface area (Å²) in [5, 5.41) is 10.2. The van der Waals surface area contributed by atoms with E-state index in [1.165, 1.54) is 15.5 Å². The molecule has 6 rings (SSSR count). The quantitative estimate of drug-likeness (QED) is 0.0788. The number of ether oxygens (including phenoxy) is 2. The molecule has 4 aromatic rings. The van der Waals surface area contributed by atoms with Gasteiger partial charge in [-0.2, -0.15) is 18.6 Å². The highest BCUT2D eigenvalue weighted by Gasteiger charge is 2.26. The lowest BCUT2D eigenvalue weighted by Crippen LogP contribution is -2.43. The number of carbonyl (C=O) groups excluding carboxylic acids is 2. The van der Waals surface area contributed by atoms with Gasteiger partial charge in [0.2, 0.25) is 5.91 Å². The van der Waals surface area contributed by atoms with Gasteiger partial charge in [-0.1, -0.05) is 29.6 Å². The van der Waals surface area contributed by atoms with Gasteiger partial charge in [0.25, 0.3) is 5.91 Å². The minimum absolute atomic E-state index is 0. The van der Waals surface area contributed by atoms with Gasteiger partial charge < -0.3 is 24.8 Å². The number of nitrogens with one attached hydrogen (secondary N) is 2. The molecule has 2 amide bonds. The summed E-state index contributed by atoms with van der Waals surface area (Å²) in [7, 11) is 0. The summed E-state index contributed by atoms with van der Waals surface area (Å²) in [6.07, 6.45) is 6.92. The van der Waals surface area contributed by atoms with Crippen molar-refractivity contribution in [3.8, 4) is 0 Å². The fourth-order valence-corrected chi connectivity index (χ4v) is 8.04. The number of anilines is 2. The van der Waals surface area contributed by atoms with Crippen LogP contribution in [0.5, 0.6) is 0 Å². The second kappa shape index (κ2) is 21.5. The maximum Gasteiger partial charge on any atom is 0.277 e. The zero-order valence-corrected chi connectivity index (χ0v) is 32.8. The molecular formula is C35H50N8O4S4. The molecule has 0 unspecified atom stereocenters. The van der Waals surface area contributed by atoms with Crippen molar-refractivity contribution in [1.29, 1.82) is 0 Å². The molecule has 2 aliphatic heterocycles. The Balaban J connectivity index is 0.00000111. The van der Waals surface area contributed by atoms with Crippen LogP contribution in [0.2, 0.25) is 0 Å². The smallest absolute Gasteiger partial charge is 0.277 e. The van der Waals surface area contributed by atoms with Crippen LogP contribution in [-0.4, -0.2) is 95.5 Å². The first-order chi connectivity index (χ1) is 24.4. The molecule has 5 heterocycles. The maximum atomic E-state index is 13.2. The molecule has 0 bridgehead atoms. The number of thiazole rings is 1. The predicted octanol–water partition coefficient (Wildman–Crippen LogP) is 6.06. The lowest BCUT2D eigenvalue weighted by molar-refractivity contribution is -0.138. The number of carbonyl (C=O) groups is 2. The highest BCUT2D eigenvalue weighted by Crippen LogP contribution is 2.31. The third kappa shape index (κ3) is 12.6. The van der Waals surface area contributed by atoms with Crippen LogP contribution in [0.1, 0.15) is 49.3 Å². The van der Waals surface area contributed by atoms with Gasteiger partial charge in [-0.3, -0.25) is 24.5 Å². The van der Waals surface area contributed by atoms with Gasteiger partial charge in [-0.05, 0) is 86.7 Å². The van der Waals surface area contributed by atoms with E-state index in [1.807, 2.05) is 59.8 Å². The Morgan fingerprint density at radius 1 is 1.06 bits per heavy atom. The third-order valence-electron chi connectivity index (χ3n) is 8.38. The average molecular weight is 775 g/mol. The number of aryl methyl sites for hydroxylation is 1. The Morgan fingerprint density at radius 2 is 1.86 bits per heavy atom. The van der Waals surface area contributed by atoms with E-state index >= 15 is 0 Å². The van der Waals surface area contributed by atoms with E-state index < -0.39 is 0 Å². The molecule has 16 heteroatoms. The Labute approximate surface area is 319 Å². The van der Waals surface area contributed by atoms with Crippen LogP contribution in [0.4, 0.5) is 10.8 Å². The fraction of sp³-hybridized carbons (Fsp3) is 0.486. The van der Waals surface area contributed by atoms with Gasteiger partial charge in [-0.25, -0.2) is 4.98 Å². The molecular weight excluding hydrogens is 725 g/mol. The number of hydrogen-bond donors (Lipinski definition) is 3. The number of hydrogen-bond acceptors (Lipinski definition) is 12. The molecule has 0 atom stereocenters. The van der Waals surface area contributed by atoms with Gasteiger partial charge in [0, 0.05) is 51.5 Å². The SMILES string of the molecule is C/C=C\C.NCCOCCOCC(=O)N1CCC(CN2CCCn3nc(C(=O)Nc4nc5ccc(NSc6cccs6)cc5s4)cc3C2)CC1.S. The van der Waals surface area contributed by atoms with Crippen molar-refractivity contribution in [3.05, 3.63) is 65.3 Å². The van der Waals surface area contributed by atoms with Gasteiger partial charge in [-0.15, -0.1) is 11.3 Å². The zero-order chi connectivity index (χ0) is 35.1. The summed E-state index contributed by atoms with van der Waals surface area (Å²) in [4.78, 5) is 34.7. The number of likely N-dealkylation sites (tertiary alicyclic amines) is 1. The van der Waals surface area contributed by atoms with Gasteiger partial charge in [0.15, 0.2) is 10.8 Å². The van der Waals surface area contributed by atoms with Crippen LogP contribution < -0.4 is 15.8 Å². The van der Waals surface area contributed by atoms with E-state index in [4.69, 9.17) is 15.2 Å². The average Bonchev–Trinajstić information content (AvgIpc) is 3.87. The summed E-state index contributed by atoms with van der Waals surface area (Å²) < 4.78 is 18.3. The monoisotopic (exact) mass is 774 g/mol. The zero-order valence-electron chi connectivity index (χ0n) is 29.3. The first kappa shape index (κ1) is 40.8. The topological polar surface area (TPSA) is 140 Å². The Kier molecular flexibility index (Phi) is 17.2. The molecule has 51 heavy (non-hydrogen) atoms. The number of rotatable bonds is 14. The second-order valence-corrected chi connectivity index (χ2v) is 15.2. The summed E-state index contributed by atoms with van der Waals surface area (Å²) >= 11 is 4.72. The summed E-state index contributed by atoms with van der Waals surface area (Å²) in [6.45, 7) is 10.9. The van der Waals surface area contributed by atoms with Crippen LogP contribution in [-0.2, 0) is 27.4 Å². The number of fused-ring (bicyclic) bond motifs is 2. The largest absolute Gasteiger partial charge is 0.378 e. The molecule has 12 nitrogen and oxygen atoms in total. The number of benzene rings is 1. The van der Waals surface area contributed by atoms with E-state index in [0.717, 1.165) is 80.1 Å². The summed E-state index contributed by atoms with van der Waals surface area (Å²) in [6, 6.07) is 12.0. The van der Waals surface area contributed by atoms with Crippen LogP contribution >= 0.6 is 48.1 Å². The number of allylic oxidation sites excluding steroid dienone is 2. The standard InChI is InChI=1S/C31H40N8O4S3.C4H8.H2S/c32-8-13-42-14-15-43-21-28(40)38-11-6-22(7-12-38)19-37-9-2-10-39-24(20-37)18-26(35-39)30(41)34-31-33-25-5-4-23(17-27(25)45-31)36-46-29-3-1-16-44-29;1-3-4-2;/h1,3-5,16-18,22,36H,2,6-15,19-21,32H2,(H,33,34,41);3-4H,1-2H3;1H2/b;4-3-;. The number of aromatic nitrogens is 3. The normalized spacial score (nSPS) is 15.2. The Bertz CT molecular complexity index is 1670. The maximum absolute atomic E-state index is 13.2. The van der Waals surface area contributed by atoms with E-state index in [1.54, 1.807) is 23.3 Å². The number of nitrogens with zero attached hydrogens (tertiary/aromatic N) is 5. The highest BCUT2D eigenvalue weighted by molar-refractivity contribution is 8.02. The van der Waals surface area contributed by atoms with Crippen molar-refractivity contribution in [2.45, 2.75) is 50.4 Å². The van der Waals surface area contributed by atoms with E-state index in [2.05, 4.69) is 42.5 Å². The molecule has 1 fully saturated rings. The number of nitrogens with two attached hydrogens (primary N) is 1. The molecule has 0 spiro atoms. The lowest BCUT2D eigenvalue weighted by atomic mass is 9.96. The van der Waals surface area contributed by atoms with Crippen LogP contribution in [0.3, 0.4) is 0 Å². The molecule has 0 radical (unpaired) electrons.